The molecule has 0 spiro atoms. The Morgan fingerprint density at radius 2 is 2.00 bits per heavy atom. The maximum atomic E-state index is 13.9. The van der Waals surface area contributed by atoms with Crippen LogP contribution >= 0.6 is 0 Å². The van der Waals surface area contributed by atoms with E-state index < -0.39 is 11.6 Å². The largest absolute Gasteiger partial charge is 0.372 e. The van der Waals surface area contributed by atoms with Gasteiger partial charge >= 0.3 is 0 Å². The van der Waals surface area contributed by atoms with Crippen molar-refractivity contribution in [2.24, 2.45) is 0 Å². The molecular weight excluding hydrogens is 264 g/mol. The van der Waals surface area contributed by atoms with Gasteiger partial charge in [-0.2, -0.15) is 5.10 Å². The van der Waals surface area contributed by atoms with Crippen LogP contribution in [0.4, 0.5) is 14.6 Å². The molecule has 0 aliphatic carbocycles. The fourth-order valence-electron chi connectivity index (χ4n) is 2.04. The van der Waals surface area contributed by atoms with Gasteiger partial charge in [0.2, 0.25) is 0 Å². The molecule has 2 aromatic heterocycles. The molecule has 0 saturated heterocycles. The summed E-state index contributed by atoms with van der Waals surface area (Å²) in [5.41, 5.74) is 0.605. The van der Waals surface area contributed by atoms with Gasteiger partial charge in [-0.3, -0.25) is 0 Å². The van der Waals surface area contributed by atoms with E-state index in [1.54, 1.807) is 20.2 Å². The van der Waals surface area contributed by atoms with Crippen LogP contribution in [0.1, 0.15) is 5.82 Å². The van der Waals surface area contributed by atoms with Gasteiger partial charge in [0.15, 0.2) is 11.5 Å². The molecule has 1 aromatic carbocycles. The lowest BCUT2D eigenvalue weighted by molar-refractivity contribution is 0.574. The molecule has 0 amide bonds. The fraction of sp³-hybridized carbons (Fsp3) is 0.154. The fourth-order valence-corrected chi connectivity index (χ4v) is 2.04. The van der Waals surface area contributed by atoms with Crippen molar-refractivity contribution in [3.63, 3.8) is 0 Å². The number of anilines is 1. The Hall–Kier alpha value is -2.57. The number of aryl methyl sites for hydroxylation is 1. The van der Waals surface area contributed by atoms with E-state index in [2.05, 4.69) is 20.4 Å². The second kappa shape index (κ2) is 4.52. The van der Waals surface area contributed by atoms with Gasteiger partial charge in [-0.1, -0.05) is 0 Å². The van der Waals surface area contributed by atoms with Gasteiger partial charge in [0.25, 0.3) is 0 Å². The monoisotopic (exact) mass is 275 g/mol. The summed E-state index contributed by atoms with van der Waals surface area (Å²) in [4.78, 5) is 8.51. The Balaban J connectivity index is 2.29. The quantitative estimate of drug-likeness (QED) is 0.780. The topological polar surface area (TPSA) is 55.6 Å². The van der Waals surface area contributed by atoms with Gasteiger partial charge in [-0.05, 0) is 19.1 Å². The number of nitrogens with one attached hydrogen (secondary N) is 1. The third-order valence-electron chi connectivity index (χ3n) is 2.91. The van der Waals surface area contributed by atoms with E-state index in [9.17, 15) is 8.78 Å². The third kappa shape index (κ3) is 1.87. The van der Waals surface area contributed by atoms with E-state index in [4.69, 9.17) is 0 Å². The first-order valence-electron chi connectivity index (χ1n) is 5.95. The highest BCUT2D eigenvalue weighted by Crippen LogP contribution is 2.23. The van der Waals surface area contributed by atoms with Crippen LogP contribution in [0, 0.1) is 18.6 Å². The molecule has 0 bridgehead atoms. The van der Waals surface area contributed by atoms with Gasteiger partial charge in [-0.15, -0.1) is 0 Å². The lowest BCUT2D eigenvalue weighted by atomic mass is 10.3. The maximum Gasteiger partial charge on any atom is 0.168 e. The van der Waals surface area contributed by atoms with E-state index in [-0.39, 0.29) is 5.69 Å². The number of halogens is 2. The van der Waals surface area contributed by atoms with Gasteiger partial charge in [0.1, 0.15) is 23.1 Å². The molecule has 3 aromatic rings. The minimum Gasteiger partial charge on any atom is -0.372 e. The van der Waals surface area contributed by atoms with Crippen molar-refractivity contribution in [3.05, 3.63) is 41.9 Å². The molecule has 0 unspecified atom stereocenters. The average Bonchev–Trinajstić information content (AvgIpc) is 2.81. The second-order valence-electron chi connectivity index (χ2n) is 4.26. The molecule has 0 saturated carbocycles. The number of aromatic nitrogens is 4. The van der Waals surface area contributed by atoms with Gasteiger partial charge < -0.3 is 5.32 Å². The van der Waals surface area contributed by atoms with E-state index >= 15 is 0 Å². The van der Waals surface area contributed by atoms with Crippen LogP contribution in [-0.2, 0) is 0 Å². The first-order chi connectivity index (χ1) is 9.60. The Morgan fingerprint density at radius 3 is 2.70 bits per heavy atom. The number of fused-ring (bicyclic) bond motifs is 1. The number of hydrogen-bond donors (Lipinski definition) is 1. The van der Waals surface area contributed by atoms with E-state index in [1.165, 1.54) is 16.8 Å². The molecule has 0 aliphatic heterocycles. The van der Waals surface area contributed by atoms with Crippen molar-refractivity contribution in [3.8, 4) is 5.69 Å². The molecule has 20 heavy (non-hydrogen) atoms. The van der Waals surface area contributed by atoms with Crippen LogP contribution in [0.25, 0.3) is 16.7 Å². The number of rotatable bonds is 2. The summed E-state index contributed by atoms with van der Waals surface area (Å²) in [5.74, 6) is -0.186. The van der Waals surface area contributed by atoms with E-state index in [0.29, 0.717) is 22.7 Å². The number of nitrogens with zero attached hydrogens (tertiary/aromatic N) is 4. The van der Waals surface area contributed by atoms with Crippen molar-refractivity contribution < 1.29 is 8.78 Å². The van der Waals surface area contributed by atoms with Gasteiger partial charge in [0.05, 0.1) is 11.6 Å². The van der Waals surface area contributed by atoms with Crippen LogP contribution in [0.15, 0.2) is 24.4 Å². The molecule has 1 N–H and O–H groups in total. The Morgan fingerprint density at radius 1 is 1.20 bits per heavy atom. The maximum absolute atomic E-state index is 13.9. The zero-order valence-electron chi connectivity index (χ0n) is 10.9. The molecule has 0 fully saturated rings. The van der Waals surface area contributed by atoms with Gasteiger partial charge in [0, 0.05) is 13.1 Å². The summed E-state index contributed by atoms with van der Waals surface area (Å²) in [6, 6.07) is 3.32. The number of hydrogen-bond acceptors (Lipinski definition) is 4. The Kier molecular flexibility index (Phi) is 2.81. The van der Waals surface area contributed by atoms with Crippen LogP contribution in [0.3, 0.4) is 0 Å². The minimum atomic E-state index is -0.697. The van der Waals surface area contributed by atoms with Crippen LogP contribution < -0.4 is 5.32 Å². The zero-order chi connectivity index (χ0) is 14.3. The van der Waals surface area contributed by atoms with Crippen molar-refractivity contribution in [1.82, 2.24) is 19.7 Å². The predicted octanol–water partition coefficient (Wildman–Crippen LogP) is 2.44. The third-order valence-corrected chi connectivity index (χ3v) is 2.91. The van der Waals surface area contributed by atoms with Crippen LogP contribution in [0.2, 0.25) is 0 Å². The summed E-state index contributed by atoms with van der Waals surface area (Å²) in [6.07, 6.45) is 1.55. The van der Waals surface area contributed by atoms with Crippen molar-refractivity contribution in [1.29, 1.82) is 0 Å². The minimum absolute atomic E-state index is 0.140. The van der Waals surface area contributed by atoms with Crippen molar-refractivity contribution >= 4 is 16.9 Å². The van der Waals surface area contributed by atoms with Crippen molar-refractivity contribution in [2.45, 2.75) is 6.92 Å². The van der Waals surface area contributed by atoms with E-state index in [0.717, 1.165) is 6.07 Å². The SMILES string of the molecule is CNc1nc(C)nc2c1cnn2-c1ccc(F)cc1F. The Labute approximate surface area is 113 Å². The highest BCUT2D eigenvalue weighted by molar-refractivity contribution is 5.87. The molecule has 0 aliphatic rings. The van der Waals surface area contributed by atoms with Crippen LogP contribution in [0.5, 0.6) is 0 Å². The molecule has 102 valence electrons. The average molecular weight is 275 g/mol. The van der Waals surface area contributed by atoms with E-state index in [1.807, 2.05) is 0 Å². The summed E-state index contributed by atoms with van der Waals surface area (Å²) in [6.45, 7) is 1.73. The highest BCUT2D eigenvalue weighted by atomic mass is 19.1. The normalized spacial score (nSPS) is 11.0. The summed E-state index contributed by atoms with van der Waals surface area (Å²) in [5, 5.41) is 7.73. The first-order valence-corrected chi connectivity index (χ1v) is 5.95. The molecule has 7 heteroatoms. The predicted molar refractivity (Wildman–Crippen MR) is 70.9 cm³/mol. The standard InChI is InChI=1S/C13H11F2N5/c1-7-18-12(16-2)9-6-17-20(13(9)19-7)11-4-3-8(14)5-10(11)15/h3-6H,1-2H3,(H,16,18,19). The lowest BCUT2D eigenvalue weighted by Gasteiger charge is -2.06. The zero-order valence-corrected chi connectivity index (χ0v) is 10.9. The summed E-state index contributed by atoms with van der Waals surface area (Å²) in [7, 11) is 1.73. The molecule has 5 nitrogen and oxygen atoms in total. The smallest absolute Gasteiger partial charge is 0.168 e. The molecule has 0 atom stereocenters. The molecule has 0 radical (unpaired) electrons. The summed E-state index contributed by atoms with van der Waals surface area (Å²) < 4.78 is 28.2. The second-order valence-corrected chi connectivity index (χ2v) is 4.26. The Bertz CT molecular complexity index is 797. The van der Waals surface area contributed by atoms with Crippen molar-refractivity contribution in [2.75, 3.05) is 12.4 Å². The van der Waals surface area contributed by atoms with Gasteiger partial charge in [-0.25, -0.2) is 23.4 Å². The lowest BCUT2D eigenvalue weighted by Crippen LogP contribution is -2.03. The molecule has 3 rings (SSSR count). The van der Waals surface area contributed by atoms with Crippen LogP contribution in [-0.4, -0.2) is 26.8 Å². The first kappa shape index (κ1) is 12.5. The number of benzene rings is 1. The molecule has 2 heterocycles. The summed E-state index contributed by atoms with van der Waals surface area (Å²) >= 11 is 0. The molecular formula is C13H11F2N5. The highest BCUT2D eigenvalue weighted by Gasteiger charge is 2.14.